The maximum atomic E-state index is 12.6. The third-order valence-corrected chi connectivity index (χ3v) is 1.68. The molecule has 0 bridgehead atoms. The predicted octanol–water partition coefficient (Wildman–Crippen LogP) is 3.09. The van der Waals surface area contributed by atoms with Crippen LogP contribution in [0.2, 0.25) is 0 Å². The Morgan fingerprint density at radius 3 is 2.24 bits per heavy atom. The van der Waals surface area contributed by atoms with Gasteiger partial charge in [0.2, 0.25) is 5.95 Å². The molecule has 0 N–H and O–H groups in total. The second-order valence-corrected chi connectivity index (χ2v) is 2.78. The lowest BCUT2D eigenvalue weighted by Crippen LogP contribution is -2.13. The normalized spacial score (nSPS) is 11.9. The summed E-state index contributed by atoms with van der Waals surface area (Å²) in [6.07, 6.45) is -9.01. The van der Waals surface area contributed by atoms with E-state index in [4.69, 9.17) is 0 Å². The third-order valence-electron chi connectivity index (χ3n) is 1.68. The predicted molar refractivity (Wildman–Crippen MR) is 40.8 cm³/mol. The summed E-state index contributed by atoms with van der Waals surface area (Å²) in [5, 5.41) is 10.3. The van der Waals surface area contributed by atoms with Crippen LogP contribution in [0.3, 0.4) is 0 Å². The topological polar surface area (TPSA) is 56.0 Å². The first-order chi connectivity index (χ1) is 7.64. The first-order valence-corrected chi connectivity index (χ1v) is 3.84. The number of hydrogen-bond donors (Lipinski definition) is 0. The minimum absolute atomic E-state index is 0.302. The molecule has 94 valence electrons. The standard InChI is InChI=1S/C7H2F6N2O2/c8-3-1-2(7(11,12)13)5(15(16)17)4(14-3)6(9)10/h1,6H. The van der Waals surface area contributed by atoms with Gasteiger partial charge in [-0.05, 0) is 0 Å². The second-order valence-electron chi connectivity index (χ2n) is 2.78. The van der Waals surface area contributed by atoms with Crippen molar-refractivity contribution in [3.05, 3.63) is 33.4 Å². The molecule has 0 atom stereocenters. The zero-order chi connectivity index (χ0) is 13.4. The minimum atomic E-state index is -5.32. The Labute approximate surface area is 89.0 Å². The van der Waals surface area contributed by atoms with Gasteiger partial charge in [-0.3, -0.25) is 10.1 Å². The fraction of sp³-hybridized carbons (Fsp3) is 0.286. The molecule has 0 aliphatic rings. The van der Waals surface area contributed by atoms with Gasteiger partial charge in [0.15, 0.2) is 5.69 Å². The van der Waals surface area contributed by atoms with Gasteiger partial charge < -0.3 is 0 Å². The van der Waals surface area contributed by atoms with Gasteiger partial charge in [0.25, 0.3) is 6.43 Å². The van der Waals surface area contributed by atoms with Crippen LogP contribution in [-0.4, -0.2) is 9.91 Å². The zero-order valence-corrected chi connectivity index (χ0v) is 7.63. The molecule has 0 radical (unpaired) electrons. The highest BCUT2D eigenvalue weighted by atomic mass is 19.4. The molecule has 1 heterocycles. The Balaban J connectivity index is 3.64. The molecule has 0 unspecified atom stereocenters. The van der Waals surface area contributed by atoms with Crippen molar-refractivity contribution >= 4 is 5.69 Å². The summed E-state index contributed by atoms with van der Waals surface area (Å²) in [6, 6.07) is -0.302. The molecule has 1 rings (SSSR count). The molecule has 0 aromatic carbocycles. The smallest absolute Gasteiger partial charge is 0.258 e. The number of hydrogen-bond acceptors (Lipinski definition) is 3. The van der Waals surface area contributed by atoms with E-state index in [-0.39, 0.29) is 6.07 Å². The molecule has 0 fully saturated rings. The first-order valence-electron chi connectivity index (χ1n) is 3.84. The molecule has 0 amide bonds. The molecular weight excluding hydrogens is 258 g/mol. The van der Waals surface area contributed by atoms with Crippen molar-refractivity contribution in [1.29, 1.82) is 0 Å². The Hall–Kier alpha value is -1.87. The number of nitrogens with zero attached hydrogens (tertiary/aromatic N) is 2. The van der Waals surface area contributed by atoms with Gasteiger partial charge in [0, 0.05) is 6.07 Å². The number of nitro groups is 1. The lowest BCUT2D eigenvalue weighted by molar-refractivity contribution is -0.389. The van der Waals surface area contributed by atoms with Gasteiger partial charge in [-0.25, -0.2) is 13.8 Å². The van der Waals surface area contributed by atoms with Gasteiger partial charge in [-0.15, -0.1) is 0 Å². The van der Waals surface area contributed by atoms with Crippen molar-refractivity contribution in [3.8, 4) is 0 Å². The van der Waals surface area contributed by atoms with Crippen LogP contribution in [-0.2, 0) is 6.18 Å². The van der Waals surface area contributed by atoms with Gasteiger partial charge >= 0.3 is 11.9 Å². The number of aromatic nitrogens is 1. The van der Waals surface area contributed by atoms with E-state index in [0.29, 0.717) is 0 Å². The summed E-state index contributed by atoms with van der Waals surface area (Å²) in [4.78, 5) is 11.1. The second kappa shape index (κ2) is 4.18. The fourth-order valence-electron chi connectivity index (χ4n) is 1.09. The van der Waals surface area contributed by atoms with E-state index in [2.05, 4.69) is 4.98 Å². The van der Waals surface area contributed by atoms with E-state index >= 15 is 0 Å². The molecule has 10 heteroatoms. The Bertz CT molecular complexity index is 458. The molecule has 0 aliphatic carbocycles. The average molecular weight is 260 g/mol. The summed E-state index contributed by atoms with van der Waals surface area (Å²) in [5.41, 5.74) is -5.87. The van der Waals surface area contributed by atoms with E-state index in [1.165, 1.54) is 0 Å². The summed E-state index contributed by atoms with van der Waals surface area (Å²) >= 11 is 0. The lowest BCUT2D eigenvalue weighted by atomic mass is 10.1. The van der Waals surface area contributed by atoms with Gasteiger partial charge in [0.05, 0.1) is 4.92 Å². The summed E-state index contributed by atoms with van der Waals surface area (Å²) in [5.74, 6) is -1.86. The van der Waals surface area contributed by atoms with E-state index in [0.717, 1.165) is 0 Å². The van der Waals surface area contributed by atoms with Crippen LogP contribution < -0.4 is 0 Å². The highest BCUT2D eigenvalue weighted by molar-refractivity contribution is 5.46. The minimum Gasteiger partial charge on any atom is -0.258 e. The Morgan fingerprint density at radius 1 is 1.35 bits per heavy atom. The molecule has 0 aliphatic heterocycles. The van der Waals surface area contributed by atoms with Crippen LogP contribution in [0.4, 0.5) is 32.0 Å². The molecule has 0 saturated heterocycles. The summed E-state index contributed by atoms with van der Waals surface area (Å²) < 4.78 is 73.9. The van der Waals surface area contributed by atoms with Crippen molar-refractivity contribution in [1.82, 2.24) is 4.98 Å². The van der Waals surface area contributed by atoms with Crippen molar-refractivity contribution in [2.45, 2.75) is 12.6 Å². The molecule has 0 spiro atoms. The largest absolute Gasteiger partial charge is 0.423 e. The van der Waals surface area contributed by atoms with Gasteiger partial charge in [-0.2, -0.15) is 17.6 Å². The molecule has 1 aromatic rings. The highest BCUT2D eigenvalue weighted by Gasteiger charge is 2.43. The van der Waals surface area contributed by atoms with E-state index < -0.39 is 40.4 Å². The molecular formula is C7H2F6N2O2. The number of rotatable bonds is 2. The van der Waals surface area contributed by atoms with Crippen LogP contribution in [0.5, 0.6) is 0 Å². The quantitative estimate of drug-likeness (QED) is 0.355. The average Bonchev–Trinajstić information content (AvgIpc) is 2.14. The van der Waals surface area contributed by atoms with Gasteiger partial charge in [0.1, 0.15) is 5.56 Å². The lowest BCUT2D eigenvalue weighted by Gasteiger charge is -2.09. The Morgan fingerprint density at radius 2 is 1.88 bits per heavy atom. The monoisotopic (exact) mass is 260 g/mol. The summed E-state index contributed by atoms with van der Waals surface area (Å²) in [6.45, 7) is 0. The van der Waals surface area contributed by atoms with Gasteiger partial charge in [-0.1, -0.05) is 0 Å². The number of alkyl halides is 5. The van der Waals surface area contributed by atoms with Crippen molar-refractivity contribution in [2.24, 2.45) is 0 Å². The molecule has 0 saturated carbocycles. The maximum absolute atomic E-state index is 12.6. The Kier molecular flexibility index (Phi) is 3.25. The van der Waals surface area contributed by atoms with Crippen LogP contribution in [0.25, 0.3) is 0 Å². The molecule has 4 nitrogen and oxygen atoms in total. The van der Waals surface area contributed by atoms with E-state index in [1.807, 2.05) is 0 Å². The number of pyridine rings is 1. The van der Waals surface area contributed by atoms with Crippen LogP contribution in [0, 0.1) is 16.1 Å². The summed E-state index contributed by atoms with van der Waals surface area (Å²) in [7, 11) is 0. The molecule has 17 heavy (non-hydrogen) atoms. The van der Waals surface area contributed by atoms with Crippen LogP contribution >= 0.6 is 0 Å². The fourth-order valence-corrected chi connectivity index (χ4v) is 1.09. The maximum Gasteiger partial charge on any atom is 0.423 e. The third kappa shape index (κ3) is 2.63. The van der Waals surface area contributed by atoms with E-state index in [9.17, 15) is 36.5 Å². The molecule has 1 aromatic heterocycles. The first kappa shape index (κ1) is 13.2. The van der Waals surface area contributed by atoms with Crippen LogP contribution in [0.1, 0.15) is 17.7 Å². The van der Waals surface area contributed by atoms with Crippen LogP contribution in [0.15, 0.2) is 6.07 Å². The SMILES string of the molecule is O=[N+]([O-])c1c(C(F)(F)F)cc(F)nc1C(F)F. The zero-order valence-electron chi connectivity index (χ0n) is 7.63. The van der Waals surface area contributed by atoms with E-state index in [1.54, 1.807) is 0 Å². The highest BCUT2D eigenvalue weighted by Crippen LogP contribution is 2.40. The van der Waals surface area contributed by atoms with Crippen molar-refractivity contribution < 1.29 is 31.3 Å². The van der Waals surface area contributed by atoms with Crippen molar-refractivity contribution in [2.75, 3.05) is 0 Å². The van der Waals surface area contributed by atoms with Crippen molar-refractivity contribution in [3.63, 3.8) is 0 Å². The number of halogens is 6.